The number of nitrogens with zero attached hydrogens (tertiary/aromatic N) is 3. The van der Waals surface area contributed by atoms with Crippen molar-refractivity contribution in [2.24, 2.45) is 0 Å². The summed E-state index contributed by atoms with van der Waals surface area (Å²) in [5.74, 6) is 0.390. The fraction of sp³-hybridized carbons (Fsp3) is 0.636. The molecule has 0 radical (unpaired) electrons. The van der Waals surface area contributed by atoms with Crippen LogP contribution in [0.1, 0.15) is 12.8 Å². The highest BCUT2D eigenvalue weighted by atomic mass is 32.2. The van der Waals surface area contributed by atoms with Gasteiger partial charge in [-0.25, -0.2) is 18.4 Å². The second kappa shape index (κ2) is 5.81. The van der Waals surface area contributed by atoms with E-state index in [2.05, 4.69) is 15.3 Å². The van der Waals surface area contributed by atoms with Gasteiger partial charge in [0.25, 0.3) is 0 Å². The van der Waals surface area contributed by atoms with Crippen LogP contribution in [0.25, 0.3) is 0 Å². The molecule has 0 aromatic carbocycles. The van der Waals surface area contributed by atoms with E-state index in [1.807, 2.05) is 0 Å². The van der Waals surface area contributed by atoms with Crippen molar-refractivity contribution >= 4 is 16.0 Å². The number of nitrogens with one attached hydrogen (secondary N) is 1. The molecule has 0 spiro atoms. The number of anilines is 1. The molecule has 1 aromatic rings. The van der Waals surface area contributed by atoms with Gasteiger partial charge in [-0.05, 0) is 12.8 Å². The molecule has 1 N–H and O–H groups in total. The van der Waals surface area contributed by atoms with E-state index in [1.54, 1.807) is 14.1 Å². The number of ether oxygens (including phenoxy) is 1. The summed E-state index contributed by atoms with van der Waals surface area (Å²) in [6, 6.07) is 0. The molecule has 0 bridgehead atoms. The minimum absolute atomic E-state index is 0.0164. The zero-order chi connectivity index (χ0) is 13.9. The number of hydrogen-bond donors (Lipinski definition) is 1. The summed E-state index contributed by atoms with van der Waals surface area (Å²) in [4.78, 5) is 7.93. The van der Waals surface area contributed by atoms with E-state index in [0.29, 0.717) is 19.1 Å². The number of likely N-dealkylation sites (N-methyl/N-ethyl adjacent to an activating group) is 1. The van der Waals surface area contributed by atoms with Gasteiger partial charge in [0.15, 0.2) is 0 Å². The maximum atomic E-state index is 12.3. The highest BCUT2D eigenvalue weighted by Crippen LogP contribution is 2.18. The Labute approximate surface area is 113 Å². The highest BCUT2D eigenvalue weighted by Gasteiger charge is 2.26. The minimum atomic E-state index is -3.55. The molecule has 0 amide bonds. The summed E-state index contributed by atoms with van der Waals surface area (Å²) >= 11 is 0. The Bertz CT molecular complexity index is 511. The summed E-state index contributed by atoms with van der Waals surface area (Å²) in [6.07, 6.45) is 4.48. The molecule has 1 aliphatic heterocycles. The monoisotopic (exact) mass is 286 g/mol. The van der Waals surface area contributed by atoms with Gasteiger partial charge in [0.05, 0.1) is 18.5 Å². The van der Waals surface area contributed by atoms with Crippen molar-refractivity contribution in [1.29, 1.82) is 0 Å². The normalized spacial score (nSPS) is 19.8. The second-order valence-corrected chi connectivity index (χ2v) is 6.46. The van der Waals surface area contributed by atoms with E-state index in [9.17, 15) is 8.42 Å². The van der Waals surface area contributed by atoms with Crippen LogP contribution in [-0.2, 0) is 14.8 Å². The molecule has 1 unspecified atom stereocenters. The first kappa shape index (κ1) is 14.2. The fourth-order valence-corrected chi connectivity index (χ4v) is 3.03. The third-order valence-electron chi connectivity index (χ3n) is 3.04. The van der Waals surface area contributed by atoms with Crippen molar-refractivity contribution in [1.82, 2.24) is 14.3 Å². The molecule has 1 aromatic heterocycles. The topological polar surface area (TPSA) is 84.4 Å². The molecular weight excluding hydrogens is 268 g/mol. The largest absolute Gasteiger partial charge is 0.377 e. The van der Waals surface area contributed by atoms with Crippen LogP contribution in [0.4, 0.5) is 5.95 Å². The Morgan fingerprint density at radius 2 is 2.16 bits per heavy atom. The SMILES string of the molecule is CNc1ncc(S(=O)(=O)N(C)CC2CCCO2)cn1. The number of sulfonamides is 1. The molecule has 2 heterocycles. The predicted molar refractivity (Wildman–Crippen MR) is 70.4 cm³/mol. The highest BCUT2D eigenvalue weighted by molar-refractivity contribution is 7.89. The molecule has 1 atom stereocenters. The summed E-state index contributed by atoms with van der Waals surface area (Å²) in [6.45, 7) is 1.06. The Hall–Kier alpha value is -1.25. The van der Waals surface area contributed by atoms with Gasteiger partial charge in [-0.1, -0.05) is 0 Å². The average molecular weight is 286 g/mol. The zero-order valence-corrected chi connectivity index (χ0v) is 11.9. The van der Waals surface area contributed by atoms with E-state index in [1.165, 1.54) is 16.7 Å². The smallest absolute Gasteiger partial charge is 0.245 e. The van der Waals surface area contributed by atoms with Crippen LogP contribution < -0.4 is 5.32 Å². The van der Waals surface area contributed by atoms with Gasteiger partial charge in [0.1, 0.15) is 4.90 Å². The molecule has 7 nitrogen and oxygen atoms in total. The lowest BCUT2D eigenvalue weighted by Crippen LogP contribution is -2.34. The first-order chi connectivity index (χ1) is 9.04. The standard InChI is InChI=1S/C11H18N4O3S/c1-12-11-13-6-10(7-14-11)19(16,17)15(2)8-9-4-3-5-18-9/h6-7,9H,3-5,8H2,1-2H3,(H,12,13,14). The molecule has 2 rings (SSSR count). The third-order valence-corrected chi connectivity index (χ3v) is 4.82. The van der Waals surface area contributed by atoms with Gasteiger partial charge in [0, 0.05) is 27.2 Å². The van der Waals surface area contributed by atoms with E-state index in [0.717, 1.165) is 12.8 Å². The molecule has 19 heavy (non-hydrogen) atoms. The Kier molecular flexibility index (Phi) is 4.33. The van der Waals surface area contributed by atoms with E-state index < -0.39 is 10.0 Å². The molecule has 106 valence electrons. The molecule has 8 heteroatoms. The number of rotatable bonds is 5. The third kappa shape index (κ3) is 3.20. The first-order valence-corrected chi connectivity index (χ1v) is 7.56. The van der Waals surface area contributed by atoms with Gasteiger partial charge >= 0.3 is 0 Å². The summed E-state index contributed by atoms with van der Waals surface area (Å²) in [5, 5.41) is 2.74. The lowest BCUT2D eigenvalue weighted by atomic mass is 10.2. The quantitative estimate of drug-likeness (QED) is 0.839. The van der Waals surface area contributed by atoms with E-state index >= 15 is 0 Å². The fourth-order valence-electron chi connectivity index (χ4n) is 1.93. The zero-order valence-electron chi connectivity index (χ0n) is 11.0. The summed E-state index contributed by atoms with van der Waals surface area (Å²) in [7, 11) is -0.333. The molecule has 1 aliphatic rings. The Morgan fingerprint density at radius 3 is 2.68 bits per heavy atom. The van der Waals surface area contributed by atoms with Crippen LogP contribution in [-0.4, -0.2) is 56.0 Å². The van der Waals surface area contributed by atoms with Crippen LogP contribution in [0.5, 0.6) is 0 Å². The molecule has 1 saturated heterocycles. The first-order valence-electron chi connectivity index (χ1n) is 6.12. The Morgan fingerprint density at radius 1 is 1.47 bits per heavy atom. The van der Waals surface area contributed by atoms with Crippen molar-refractivity contribution in [2.45, 2.75) is 23.8 Å². The number of aromatic nitrogens is 2. The van der Waals surface area contributed by atoms with Crippen LogP contribution in [0, 0.1) is 0 Å². The van der Waals surface area contributed by atoms with Crippen LogP contribution in [0.15, 0.2) is 17.3 Å². The van der Waals surface area contributed by atoms with E-state index in [4.69, 9.17) is 4.74 Å². The lowest BCUT2D eigenvalue weighted by Gasteiger charge is -2.20. The second-order valence-electron chi connectivity index (χ2n) is 4.41. The summed E-state index contributed by atoms with van der Waals surface area (Å²) in [5.41, 5.74) is 0. The van der Waals surface area contributed by atoms with Crippen molar-refractivity contribution in [2.75, 3.05) is 32.6 Å². The average Bonchev–Trinajstić information content (AvgIpc) is 2.91. The predicted octanol–water partition coefficient (Wildman–Crippen LogP) is 0.318. The Balaban J connectivity index is 2.10. The van der Waals surface area contributed by atoms with Gasteiger partial charge in [-0.15, -0.1) is 0 Å². The lowest BCUT2D eigenvalue weighted by molar-refractivity contribution is 0.0979. The van der Waals surface area contributed by atoms with Crippen molar-refractivity contribution < 1.29 is 13.2 Å². The van der Waals surface area contributed by atoms with Crippen molar-refractivity contribution in [3.63, 3.8) is 0 Å². The maximum Gasteiger partial charge on any atom is 0.245 e. The summed E-state index contributed by atoms with van der Waals surface area (Å²) < 4.78 is 31.3. The van der Waals surface area contributed by atoms with Gasteiger partial charge in [-0.3, -0.25) is 0 Å². The minimum Gasteiger partial charge on any atom is -0.377 e. The molecule has 0 saturated carbocycles. The van der Waals surface area contributed by atoms with Crippen molar-refractivity contribution in [3.8, 4) is 0 Å². The van der Waals surface area contributed by atoms with Crippen LogP contribution in [0.2, 0.25) is 0 Å². The van der Waals surface area contributed by atoms with Crippen LogP contribution in [0.3, 0.4) is 0 Å². The van der Waals surface area contributed by atoms with Gasteiger partial charge < -0.3 is 10.1 Å². The molecule has 0 aliphatic carbocycles. The maximum absolute atomic E-state index is 12.3. The van der Waals surface area contributed by atoms with Gasteiger partial charge in [0.2, 0.25) is 16.0 Å². The molecular formula is C11H18N4O3S. The van der Waals surface area contributed by atoms with Crippen LogP contribution >= 0.6 is 0 Å². The van der Waals surface area contributed by atoms with E-state index in [-0.39, 0.29) is 11.0 Å². The van der Waals surface area contributed by atoms with Crippen molar-refractivity contribution in [3.05, 3.63) is 12.4 Å². The molecule has 1 fully saturated rings. The number of hydrogen-bond acceptors (Lipinski definition) is 6. The van der Waals surface area contributed by atoms with Gasteiger partial charge in [-0.2, -0.15) is 4.31 Å².